The topological polar surface area (TPSA) is 111 Å². The number of anilines is 2. The molecule has 0 unspecified atom stereocenters. The fraction of sp³-hybridized carbons (Fsp3) is 0.412. The Morgan fingerprint density at radius 2 is 2.08 bits per heavy atom. The molecule has 0 aliphatic rings. The van der Waals surface area contributed by atoms with Crippen LogP contribution in [-0.4, -0.2) is 36.1 Å². The summed E-state index contributed by atoms with van der Waals surface area (Å²) in [7, 11) is 0. The van der Waals surface area contributed by atoms with E-state index >= 15 is 0 Å². The van der Waals surface area contributed by atoms with Gasteiger partial charge in [-0.05, 0) is 33.8 Å². The highest BCUT2D eigenvalue weighted by Crippen LogP contribution is 2.32. The molecule has 0 bridgehead atoms. The predicted molar refractivity (Wildman–Crippen MR) is 99.1 cm³/mol. The number of aromatic nitrogens is 5. The average Bonchev–Trinajstić information content (AvgIpc) is 3.20. The van der Waals surface area contributed by atoms with Gasteiger partial charge in [0.05, 0.1) is 36.7 Å². The zero-order valence-corrected chi connectivity index (χ0v) is 15.3. The molecule has 0 spiro atoms. The van der Waals surface area contributed by atoms with Crippen LogP contribution in [-0.2, 0) is 12.1 Å². The van der Waals surface area contributed by atoms with Gasteiger partial charge in [0, 0.05) is 11.8 Å². The summed E-state index contributed by atoms with van der Waals surface area (Å²) in [6.45, 7) is 15.4. The largest absolute Gasteiger partial charge is 0.394 e. The van der Waals surface area contributed by atoms with E-state index in [1.807, 2.05) is 40.0 Å². The number of aliphatic hydroxyl groups excluding tert-OH is 1. The summed E-state index contributed by atoms with van der Waals surface area (Å²) >= 11 is 0. The molecule has 9 nitrogen and oxygen atoms in total. The van der Waals surface area contributed by atoms with E-state index in [1.54, 1.807) is 4.68 Å². The summed E-state index contributed by atoms with van der Waals surface area (Å²) in [5.41, 5.74) is 9.01. The average molecular weight is 354 g/mol. The Balaban J connectivity index is 1.92. The van der Waals surface area contributed by atoms with Crippen LogP contribution in [0.15, 0.2) is 12.3 Å². The lowest BCUT2D eigenvalue weighted by molar-refractivity contribution is 0.152. The van der Waals surface area contributed by atoms with E-state index < -0.39 is 5.54 Å². The lowest BCUT2D eigenvalue weighted by Crippen LogP contribution is -2.31. The highest BCUT2D eigenvalue weighted by molar-refractivity contribution is 5.80. The first kappa shape index (κ1) is 17.7. The van der Waals surface area contributed by atoms with Gasteiger partial charge in [-0.3, -0.25) is 4.68 Å². The smallest absolute Gasteiger partial charge is 0.268 e. The number of rotatable bonds is 5. The zero-order chi connectivity index (χ0) is 19.1. The maximum absolute atomic E-state index is 9.45. The van der Waals surface area contributed by atoms with E-state index in [9.17, 15) is 5.11 Å². The van der Waals surface area contributed by atoms with Crippen LogP contribution in [0.1, 0.15) is 30.8 Å². The minimum absolute atomic E-state index is 0.0159. The molecule has 0 saturated carbocycles. The van der Waals surface area contributed by atoms with Crippen molar-refractivity contribution in [3.8, 4) is 0 Å². The second kappa shape index (κ2) is 6.31. The van der Waals surface area contributed by atoms with E-state index in [-0.39, 0.29) is 18.1 Å². The number of nitrogens with one attached hydrogen (secondary N) is 1. The lowest BCUT2D eigenvalue weighted by atomic mass is 10.1. The monoisotopic (exact) mass is 354 g/mol. The fourth-order valence-electron chi connectivity index (χ4n) is 2.55. The Morgan fingerprint density at radius 3 is 2.73 bits per heavy atom. The highest BCUT2D eigenvalue weighted by atomic mass is 16.3. The zero-order valence-electron chi connectivity index (χ0n) is 15.3. The van der Waals surface area contributed by atoms with Gasteiger partial charge < -0.3 is 16.2 Å². The molecule has 0 aliphatic carbocycles. The molecular formula is C17H22N8O. The summed E-state index contributed by atoms with van der Waals surface area (Å²) in [6.07, 6.45) is 1.82. The summed E-state index contributed by atoms with van der Waals surface area (Å²) in [5.74, 6) is 0.666. The van der Waals surface area contributed by atoms with Gasteiger partial charge in [-0.15, -0.1) is 0 Å². The number of nitrogen functional groups attached to an aromatic ring is 1. The van der Waals surface area contributed by atoms with Crippen molar-refractivity contribution < 1.29 is 5.11 Å². The van der Waals surface area contributed by atoms with Crippen molar-refractivity contribution in [1.29, 1.82) is 0 Å². The Bertz CT molecular complexity index is 1010. The van der Waals surface area contributed by atoms with Gasteiger partial charge in [0.25, 0.3) is 5.69 Å². The first-order valence-electron chi connectivity index (χ1n) is 8.21. The number of nitrogens with zero attached hydrogens (tertiary/aromatic N) is 6. The van der Waals surface area contributed by atoms with Crippen LogP contribution in [0.5, 0.6) is 0 Å². The van der Waals surface area contributed by atoms with Crippen molar-refractivity contribution in [3.63, 3.8) is 0 Å². The molecule has 0 saturated heterocycles. The third kappa shape index (κ3) is 2.84. The van der Waals surface area contributed by atoms with Crippen molar-refractivity contribution in [2.75, 3.05) is 17.7 Å². The Morgan fingerprint density at radius 1 is 1.35 bits per heavy atom. The van der Waals surface area contributed by atoms with Crippen molar-refractivity contribution in [3.05, 3.63) is 40.6 Å². The maximum atomic E-state index is 9.45. The number of aliphatic hydroxyl groups is 1. The first-order chi connectivity index (χ1) is 12.3. The molecule has 0 amide bonds. The second-order valence-corrected chi connectivity index (χ2v) is 6.83. The molecular weight excluding hydrogens is 332 g/mol. The summed E-state index contributed by atoms with van der Waals surface area (Å²) < 4.78 is 3.22. The molecule has 0 radical (unpaired) electrons. The predicted octanol–water partition coefficient (Wildman–Crippen LogP) is 2.02. The van der Waals surface area contributed by atoms with Crippen LogP contribution in [0.2, 0.25) is 0 Å². The molecule has 0 aliphatic heterocycles. The lowest BCUT2D eigenvalue weighted by Gasteiger charge is -2.22. The molecule has 0 aromatic carbocycles. The third-order valence-corrected chi connectivity index (χ3v) is 4.44. The molecule has 0 atom stereocenters. The molecule has 0 fully saturated rings. The van der Waals surface area contributed by atoms with Gasteiger partial charge in [0.15, 0.2) is 5.65 Å². The summed E-state index contributed by atoms with van der Waals surface area (Å²) in [5, 5.41) is 21.4. The maximum Gasteiger partial charge on any atom is 0.268 e. The molecule has 136 valence electrons. The molecule has 3 aromatic heterocycles. The molecule has 26 heavy (non-hydrogen) atoms. The molecule has 3 rings (SSSR count). The van der Waals surface area contributed by atoms with Crippen molar-refractivity contribution in [2.24, 2.45) is 0 Å². The van der Waals surface area contributed by atoms with E-state index in [0.717, 1.165) is 17.0 Å². The normalized spacial score (nSPS) is 11.7. The van der Waals surface area contributed by atoms with Crippen LogP contribution in [0.3, 0.4) is 0 Å². The Labute approximate surface area is 151 Å². The van der Waals surface area contributed by atoms with Crippen LogP contribution in [0.4, 0.5) is 17.3 Å². The van der Waals surface area contributed by atoms with Crippen molar-refractivity contribution in [2.45, 2.75) is 39.8 Å². The fourth-order valence-corrected chi connectivity index (χ4v) is 2.55. The minimum Gasteiger partial charge on any atom is -0.394 e. The highest BCUT2D eigenvalue weighted by Gasteiger charge is 2.20. The van der Waals surface area contributed by atoms with Crippen molar-refractivity contribution >= 4 is 23.0 Å². The van der Waals surface area contributed by atoms with Crippen molar-refractivity contribution in [1.82, 2.24) is 24.4 Å². The number of hydrogen-bond acceptors (Lipinski definition) is 6. The summed E-state index contributed by atoms with van der Waals surface area (Å²) in [6, 6.07) is 1.86. The quantitative estimate of drug-likeness (QED) is 0.605. The summed E-state index contributed by atoms with van der Waals surface area (Å²) in [4.78, 5) is 8.04. The third-order valence-electron chi connectivity index (χ3n) is 4.44. The van der Waals surface area contributed by atoms with Gasteiger partial charge in [-0.2, -0.15) is 10.2 Å². The van der Waals surface area contributed by atoms with E-state index in [2.05, 4.69) is 25.3 Å². The second-order valence-electron chi connectivity index (χ2n) is 6.83. The number of fused-ring (bicyclic) bond motifs is 1. The molecule has 9 heteroatoms. The van der Waals surface area contributed by atoms with Gasteiger partial charge in [-0.1, -0.05) is 0 Å². The molecule has 4 N–H and O–H groups in total. The van der Waals surface area contributed by atoms with E-state index in [0.29, 0.717) is 18.0 Å². The van der Waals surface area contributed by atoms with Gasteiger partial charge in [0.2, 0.25) is 0 Å². The number of aryl methyl sites for hydroxylation is 2. The van der Waals surface area contributed by atoms with Crippen LogP contribution < -0.4 is 11.1 Å². The van der Waals surface area contributed by atoms with Crippen LogP contribution in [0, 0.1) is 20.4 Å². The van der Waals surface area contributed by atoms with Crippen LogP contribution >= 0.6 is 0 Å². The number of hydrogen-bond donors (Lipinski definition) is 3. The van der Waals surface area contributed by atoms with Gasteiger partial charge >= 0.3 is 0 Å². The van der Waals surface area contributed by atoms with E-state index in [1.165, 1.54) is 4.52 Å². The number of nitrogens with two attached hydrogens (primary N) is 1. The van der Waals surface area contributed by atoms with Gasteiger partial charge in [0.1, 0.15) is 11.6 Å². The van der Waals surface area contributed by atoms with Crippen LogP contribution in [0.25, 0.3) is 10.5 Å². The van der Waals surface area contributed by atoms with E-state index in [4.69, 9.17) is 12.3 Å². The molecule has 3 aromatic rings. The standard InChI is InChI=1S/C17H22N8O/c1-10-11(2)22-25-14(18)13(19-5)15(21-16(10)25)20-8-12-6-7-24(23-12)17(3,4)9-26/h6-7,26H,8-9,18H2,1-4H3,(H,20,21). The Hall–Kier alpha value is -3.12. The Kier molecular flexibility index (Phi) is 4.29. The minimum atomic E-state index is -0.478. The van der Waals surface area contributed by atoms with Gasteiger partial charge in [-0.25, -0.2) is 14.3 Å². The SMILES string of the molecule is [C-]#[N+]c1c(NCc2ccn(C(C)(C)CO)n2)nc2c(C)c(C)nn2c1N. The molecule has 3 heterocycles. The first-order valence-corrected chi connectivity index (χ1v) is 8.21.